The van der Waals surface area contributed by atoms with E-state index < -0.39 is 0 Å². The number of nitrogens with zero attached hydrogens (tertiary/aromatic N) is 2. The Kier molecular flexibility index (Phi) is 4.00. The maximum absolute atomic E-state index is 6.49. The van der Waals surface area contributed by atoms with Gasteiger partial charge in [0.05, 0.1) is 5.54 Å². The van der Waals surface area contributed by atoms with Crippen LogP contribution >= 0.6 is 0 Å². The Hall–Kier alpha value is -0.960. The summed E-state index contributed by atoms with van der Waals surface area (Å²) in [5, 5.41) is 0. The van der Waals surface area contributed by atoms with Crippen molar-refractivity contribution in [1.29, 1.82) is 0 Å². The first-order valence-electron chi connectivity index (χ1n) is 7.22. The third-order valence-corrected chi connectivity index (χ3v) is 3.84. The predicted octanol–water partition coefficient (Wildman–Crippen LogP) is 3.28. The molecule has 1 fully saturated rings. The van der Waals surface area contributed by atoms with Gasteiger partial charge in [-0.25, -0.2) is 9.97 Å². The van der Waals surface area contributed by atoms with Gasteiger partial charge in [0.15, 0.2) is 0 Å². The summed E-state index contributed by atoms with van der Waals surface area (Å²) in [5.41, 5.74) is 8.51. The summed E-state index contributed by atoms with van der Waals surface area (Å²) in [6, 6.07) is 2.15. The molecule has 0 aromatic carbocycles. The quantitative estimate of drug-likeness (QED) is 0.888. The molecule has 1 heterocycles. The molecule has 100 valence electrons. The number of aryl methyl sites for hydroxylation is 1. The molecule has 1 aromatic rings. The van der Waals surface area contributed by atoms with Crippen LogP contribution < -0.4 is 5.73 Å². The number of hydrogen-bond acceptors (Lipinski definition) is 3. The van der Waals surface area contributed by atoms with Crippen molar-refractivity contribution in [2.45, 2.75) is 70.8 Å². The third kappa shape index (κ3) is 2.72. The minimum atomic E-state index is -0.270. The van der Waals surface area contributed by atoms with Gasteiger partial charge in [0.2, 0.25) is 0 Å². The Bertz CT molecular complexity index is 406. The molecule has 0 amide bonds. The summed E-state index contributed by atoms with van der Waals surface area (Å²) in [4.78, 5) is 9.46. The van der Waals surface area contributed by atoms with E-state index in [1.165, 1.54) is 12.8 Å². The summed E-state index contributed by atoms with van der Waals surface area (Å²) in [7, 11) is 0. The molecule has 18 heavy (non-hydrogen) atoms. The highest BCUT2D eigenvalue weighted by atomic mass is 15.0. The van der Waals surface area contributed by atoms with Gasteiger partial charge in [-0.1, -0.05) is 40.0 Å². The maximum atomic E-state index is 6.49. The smallest absolute Gasteiger partial charge is 0.148 e. The van der Waals surface area contributed by atoms with E-state index in [9.17, 15) is 0 Å². The van der Waals surface area contributed by atoms with Crippen LogP contribution in [0.4, 0.5) is 0 Å². The van der Waals surface area contributed by atoms with Crippen molar-refractivity contribution in [3.8, 4) is 0 Å². The molecule has 1 aliphatic carbocycles. The van der Waals surface area contributed by atoms with E-state index >= 15 is 0 Å². The Balaban J connectivity index is 2.39. The van der Waals surface area contributed by atoms with Crippen molar-refractivity contribution in [2.24, 2.45) is 5.73 Å². The van der Waals surface area contributed by atoms with Crippen LogP contribution in [0.3, 0.4) is 0 Å². The average Bonchev–Trinajstić information content (AvgIpc) is 2.77. The van der Waals surface area contributed by atoms with E-state index in [1.54, 1.807) is 0 Å². The lowest BCUT2D eigenvalue weighted by molar-refractivity contribution is 0.426. The van der Waals surface area contributed by atoms with Gasteiger partial charge in [-0.3, -0.25) is 0 Å². The van der Waals surface area contributed by atoms with Crippen LogP contribution in [0.25, 0.3) is 0 Å². The highest BCUT2D eigenvalue weighted by Gasteiger charge is 2.34. The number of hydrogen-bond donors (Lipinski definition) is 1. The van der Waals surface area contributed by atoms with Crippen LogP contribution in [0, 0.1) is 0 Å². The van der Waals surface area contributed by atoms with E-state index in [0.717, 1.165) is 42.9 Å². The zero-order chi connectivity index (χ0) is 13.2. The SMILES string of the molecule is CCCc1cc(C(C)C)nc(C2(N)CCCC2)n1. The summed E-state index contributed by atoms with van der Waals surface area (Å²) >= 11 is 0. The van der Waals surface area contributed by atoms with Crippen LogP contribution in [0.5, 0.6) is 0 Å². The molecule has 0 unspecified atom stereocenters. The minimum Gasteiger partial charge on any atom is -0.319 e. The molecule has 1 aromatic heterocycles. The maximum Gasteiger partial charge on any atom is 0.148 e. The van der Waals surface area contributed by atoms with Gasteiger partial charge >= 0.3 is 0 Å². The number of rotatable bonds is 4. The van der Waals surface area contributed by atoms with Gasteiger partial charge < -0.3 is 5.73 Å². The Morgan fingerprint density at radius 3 is 2.50 bits per heavy atom. The lowest BCUT2D eigenvalue weighted by Gasteiger charge is -2.23. The van der Waals surface area contributed by atoms with E-state index in [2.05, 4.69) is 26.8 Å². The fourth-order valence-electron chi connectivity index (χ4n) is 2.65. The zero-order valence-corrected chi connectivity index (χ0v) is 11.9. The standard InChI is InChI=1S/C15H25N3/c1-4-7-12-10-13(11(2)3)18-14(17-12)15(16)8-5-6-9-15/h10-11H,4-9,16H2,1-3H3. The number of nitrogens with two attached hydrogens (primary N) is 1. The highest BCUT2D eigenvalue weighted by molar-refractivity contribution is 5.19. The monoisotopic (exact) mass is 247 g/mol. The first kappa shape index (κ1) is 13.5. The van der Waals surface area contributed by atoms with Crippen molar-refractivity contribution in [3.05, 3.63) is 23.3 Å². The lowest BCUT2D eigenvalue weighted by atomic mass is 9.97. The Labute approximate surface area is 110 Å². The fourth-order valence-corrected chi connectivity index (χ4v) is 2.65. The van der Waals surface area contributed by atoms with E-state index in [0.29, 0.717) is 5.92 Å². The summed E-state index contributed by atoms with van der Waals surface area (Å²) in [6.07, 6.45) is 6.60. The molecule has 1 saturated carbocycles. The van der Waals surface area contributed by atoms with Crippen molar-refractivity contribution in [2.75, 3.05) is 0 Å². The summed E-state index contributed by atoms with van der Waals surface area (Å²) in [6.45, 7) is 6.55. The predicted molar refractivity (Wildman–Crippen MR) is 74.4 cm³/mol. The zero-order valence-electron chi connectivity index (χ0n) is 11.9. The van der Waals surface area contributed by atoms with Gasteiger partial charge in [0.1, 0.15) is 5.82 Å². The van der Waals surface area contributed by atoms with Crippen LogP contribution in [0.2, 0.25) is 0 Å². The molecule has 1 aliphatic rings. The van der Waals surface area contributed by atoms with Crippen molar-refractivity contribution >= 4 is 0 Å². The van der Waals surface area contributed by atoms with Gasteiger partial charge in [0, 0.05) is 11.4 Å². The molecule has 0 saturated heterocycles. The topological polar surface area (TPSA) is 51.8 Å². The van der Waals surface area contributed by atoms with Crippen LogP contribution in [0.15, 0.2) is 6.07 Å². The molecule has 0 spiro atoms. The van der Waals surface area contributed by atoms with Crippen molar-refractivity contribution in [3.63, 3.8) is 0 Å². The molecule has 0 radical (unpaired) electrons. The second-order valence-electron chi connectivity index (χ2n) is 5.88. The molecule has 2 N–H and O–H groups in total. The van der Waals surface area contributed by atoms with Gasteiger partial charge in [-0.05, 0) is 31.2 Å². The third-order valence-electron chi connectivity index (χ3n) is 3.84. The Morgan fingerprint density at radius 1 is 1.28 bits per heavy atom. The van der Waals surface area contributed by atoms with Crippen LogP contribution in [-0.2, 0) is 12.0 Å². The molecule has 2 rings (SSSR count). The van der Waals surface area contributed by atoms with E-state index in [-0.39, 0.29) is 5.54 Å². The first-order chi connectivity index (χ1) is 8.55. The second kappa shape index (κ2) is 5.35. The molecule has 0 bridgehead atoms. The van der Waals surface area contributed by atoms with Crippen molar-refractivity contribution < 1.29 is 0 Å². The summed E-state index contributed by atoms with van der Waals surface area (Å²) < 4.78 is 0. The molecular formula is C15H25N3. The largest absolute Gasteiger partial charge is 0.319 e. The van der Waals surface area contributed by atoms with Crippen LogP contribution in [-0.4, -0.2) is 9.97 Å². The molecular weight excluding hydrogens is 222 g/mol. The van der Waals surface area contributed by atoms with E-state index in [1.807, 2.05) is 0 Å². The van der Waals surface area contributed by atoms with Gasteiger partial charge in [-0.15, -0.1) is 0 Å². The fraction of sp³-hybridized carbons (Fsp3) is 0.733. The molecule has 0 atom stereocenters. The average molecular weight is 247 g/mol. The van der Waals surface area contributed by atoms with Crippen LogP contribution in [0.1, 0.15) is 76.0 Å². The number of aromatic nitrogens is 2. The first-order valence-corrected chi connectivity index (χ1v) is 7.22. The normalized spacial score (nSPS) is 18.5. The lowest BCUT2D eigenvalue weighted by Crippen LogP contribution is -2.36. The molecule has 3 nitrogen and oxygen atoms in total. The Morgan fingerprint density at radius 2 is 1.94 bits per heavy atom. The summed E-state index contributed by atoms with van der Waals surface area (Å²) in [5.74, 6) is 1.32. The highest BCUT2D eigenvalue weighted by Crippen LogP contribution is 2.35. The minimum absolute atomic E-state index is 0.270. The molecule has 3 heteroatoms. The van der Waals surface area contributed by atoms with E-state index in [4.69, 9.17) is 15.7 Å². The van der Waals surface area contributed by atoms with Gasteiger partial charge in [0.25, 0.3) is 0 Å². The second-order valence-corrected chi connectivity index (χ2v) is 5.88. The van der Waals surface area contributed by atoms with Gasteiger partial charge in [-0.2, -0.15) is 0 Å². The molecule has 0 aliphatic heterocycles. The van der Waals surface area contributed by atoms with Crippen molar-refractivity contribution in [1.82, 2.24) is 9.97 Å².